The van der Waals surface area contributed by atoms with Crippen LogP contribution in [0.1, 0.15) is 12.5 Å². The highest BCUT2D eigenvalue weighted by atomic mass is 35.5. The highest BCUT2D eigenvalue weighted by Gasteiger charge is 2.26. The molecule has 1 heterocycles. The van der Waals surface area contributed by atoms with Gasteiger partial charge in [-0.2, -0.15) is 5.10 Å². The van der Waals surface area contributed by atoms with Gasteiger partial charge in [0, 0.05) is 17.4 Å². The smallest absolute Gasteiger partial charge is 0.413 e. The van der Waals surface area contributed by atoms with E-state index in [4.69, 9.17) is 37.1 Å². The highest BCUT2D eigenvalue weighted by molar-refractivity contribution is 8.07. The third-order valence-corrected chi connectivity index (χ3v) is 5.84. The molecule has 1 atom stereocenters. The standard InChI is InChI=1S/C18H17ClFN4O3PS/c1-2-25-28(29,26-18-9-8-15(20)10-16(18)19)27-23-17(11-24-13-21-12-22-24)14-6-4-3-5-7-14/h3-10,12-13H,2,11H2,1H3/b23-17+. The first kappa shape index (κ1) is 21.4. The molecule has 1 aromatic heterocycles. The summed E-state index contributed by atoms with van der Waals surface area (Å²) in [5, 5.41) is 8.35. The van der Waals surface area contributed by atoms with Gasteiger partial charge in [0.1, 0.15) is 29.9 Å². The molecule has 152 valence electrons. The van der Waals surface area contributed by atoms with Crippen LogP contribution >= 0.6 is 18.3 Å². The fraction of sp³-hybridized carbons (Fsp3) is 0.167. The molecule has 0 fully saturated rings. The first-order chi connectivity index (χ1) is 14.0. The van der Waals surface area contributed by atoms with Crippen molar-refractivity contribution >= 4 is 35.8 Å². The second kappa shape index (κ2) is 9.93. The van der Waals surface area contributed by atoms with Crippen molar-refractivity contribution in [2.24, 2.45) is 5.16 Å². The fourth-order valence-electron chi connectivity index (χ4n) is 2.26. The van der Waals surface area contributed by atoms with Crippen LogP contribution in [-0.2, 0) is 27.5 Å². The summed E-state index contributed by atoms with van der Waals surface area (Å²) in [7, 11) is 0. The molecule has 0 amide bonds. The maximum atomic E-state index is 13.3. The molecule has 0 saturated carbocycles. The fourth-order valence-corrected chi connectivity index (χ4v) is 4.23. The minimum atomic E-state index is -3.35. The van der Waals surface area contributed by atoms with E-state index in [1.165, 1.54) is 18.5 Å². The van der Waals surface area contributed by atoms with Crippen molar-refractivity contribution in [3.63, 3.8) is 0 Å². The Kier molecular flexibility index (Phi) is 7.33. The van der Waals surface area contributed by atoms with Gasteiger partial charge in [-0.05, 0) is 25.1 Å². The second-order valence-corrected chi connectivity index (χ2v) is 8.86. The topological polar surface area (TPSA) is 70.8 Å². The van der Waals surface area contributed by atoms with Gasteiger partial charge in [0.25, 0.3) is 0 Å². The molecule has 0 aliphatic carbocycles. The number of rotatable bonds is 9. The third-order valence-electron chi connectivity index (χ3n) is 3.53. The molecule has 3 aromatic rings. The van der Waals surface area contributed by atoms with Crippen molar-refractivity contribution in [1.29, 1.82) is 0 Å². The van der Waals surface area contributed by atoms with E-state index in [1.54, 1.807) is 17.9 Å². The third kappa shape index (κ3) is 6.08. The van der Waals surface area contributed by atoms with E-state index in [2.05, 4.69) is 15.2 Å². The van der Waals surface area contributed by atoms with E-state index in [0.29, 0.717) is 12.3 Å². The average molecular weight is 455 g/mol. The van der Waals surface area contributed by atoms with Crippen LogP contribution in [0, 0.1) is 5.82 Å². The Labute approximate surface area is 177 Å². The summed E-state index contributed by atoms with van der Waals surface area (Å²) in [5.41, 5.74) is 1.35. The number of nitrogens with zero attached hydrogens (tertiary/aromatic N) is 4. The minimum absolute atomic E-state index is 0.0532. The van der Waals surface area contributed by atoms with Crippen LogP contribution in [0.2, 0.25) is 5.02 Å². The molecule has 0 bridgehead atoms. The Hall–Kier alpha value is -2.32. The van der Waals surface area contributed by atoms with Crippen molar-refractivity contribution in [3.8, 4) is 5.75 Å². The predicted octanol–water partition coefficient (Wildman–Crippen LogP) is 4.83. The van der Waals surface area contributed by atoms with Gasteiger partial charge in [-0.15, -0.1) is 0 Å². The predicted molar refractivity (Wildman–Crippen MR) is 112 cm³/mol. The van der Waals surface area contributed by atoms with E-state index in [9.17, 15) is 4.39 Å². The van der Waals surface area contributed by atoms with E-state index in [0.717, 1.165) is 11.6 Å². The molecule has 29 heavy (non-hydrogen) atoms. The van der Waals surface area contributed by atoms with Crippen LogP contribution in [0.4, 0.5) is 4.39 Å². The van der Waals surface area contributed by atoms with E-state index < -0.39 is 12.5 Å². The lowest BCUT2D eigenvalue weighted by atomic mass is 10.1. The SMILES string of the molecule is CCOP(=S)(O/N=C(\Cn1cncn1)c1ccccc1)Oc1ccc(F)cc1Cl. The van der Waals surface area contributed by atoms with Gasteiger partial charge in [-0.1, -0.05) is 47.1 Å². The van der Waals surface area contributed by atoms with Crippen molar-refractivity contribution < 1.29 is 18.1 Å². The van der Waals surface area contributed by atoms with Crippen molar-refractivity contribution in [3.05, 3.63) is 77.6 Å². The first-order valence-corrected chi connectivity index (χ1v) is 11.4. The zero-order chi connectivity index (χ0) is 20.7. The zero-order valence-corrected chi connectivity index (χ0v) is 17.8. The lowest BCUT2D eigenvalue weighted by Gasteiger charge is -2.20. The molecule has 0 N–H and O–H groups in total. The van der Waals surface area contributed by atoms with Gasteiger partial charge >= 0.3 is 6.72 Å². The van der Waals surface area contributed by atoms with Crippen LogP contribution in [0.5, 0.6) is 5.75 Å². The van der Waals surface area contributed by atoms with Crippen molar-refractivity contribution in [1.82, 2.24) is 14.8 Å². The number of aromatic nitrogens is 3. The molecular formula is C18H17ClFN4O3PS. The Balaban J connectivity index is 1.87. The Morgan fingerprint density at radius 1 is 1.28 bits per heavy atom. The van der Waals surface area contributed by atoms with Gasteiger partial charge in [-0.25, -0.2) is 14.1 Å². The van der Waals surface area contributed by atoms with Crippen LogP contribution in [0.15, 0.2) is 66.3 Å². The maximum absolute atomic E-state index is 13.3. The molecule has 0 radical (unpaired) electrons. The first-order valence-electron chi connectivity index (χ1n) is 8.52. The molecule has 2 aromatic carbocycles. The lowest BCUT2D eigenvalue weighted by molar-refractivity contribution is 0.216. The highest BCUT2D eigenvalue weighted by Crippen LogP contribution is 2.51. The number of oxime groups is 1. The van der Waals surface area contributed by atoms with E-state index in [-0.39, 0.29) is 17.4 Å². The summed E-state index contributed by atoms with van der Waals surface area (Å²) < 4.78 is 31.7. The molecule has 0 spiro atoms. The molecule has 3 rings (SSSR count). The monoisotopic (exact) mass is 454 g/mol. The molecule has 1 unspecified atom stereocenters. The van der Waals surface area contributed by atoms with Crippen LogP contribution in [0.25, 0.3) is 0 Å². The second-order valence-electron chi connectivity index (χ2n) is 5.61. The number of hydrogen-bond donors (Lipinski definition) is 0. The molecule has 7 nitrogen and oxygen atoms in total. The van der Waals surface area contributed by atoms with Gasteiger partial charge < -0.3 is 9.15 Å². The quantitative estimate of drug-likeness (QED) is 0.262. The van der Waals surface area contributed by atoms with E-state index >= 15 is 0 Å². The molecule has 11 heteroatoms. The van der Waals surface area contributed by atoms with Gasteiger partial charge in [0.05, 0.1) is 18.2 Å². The summed E-state index contributed by atoms with van der Waals surface area (Å²) in [6.45, 7) is -1.08. The van der Waals surface area contributed by atoms with Gasteiger partial charge in [0.15, 0.2) is 0 Å². The van der Waals surface area contributed by atoms with Crippen molar-refractivity contribution in [2.75, 3.05) is 6.61 Å². The van der Waals surface area contributed by atoms with Crippen molar-refractivity contribution in [2.45, 2.75) is 13.5 Å². The summed E-state index contributed by atoms with van der Waals surface area (Å²) in [5.74, 6) is -0.345. The number of benzene rings is 2. The van der Waals surface area contributed by atoms with Crippen LogP contribution in [-0.4, -0.2) is 27.1 Å². The summed E-state index contributed by atoms with van der Waals surface area (Å²) >= 11 is 11.5. The maximum Gasteiger partial charge on any atom is 0.455 e. The summed E-state index contributed by atoms with van der Waals surface area (Å²) in [4.78, 5) is 3.93. The molecule has 0 aliphatic heterocycles. The Bertz CT molecular complexity index is 1020. The van der Waals surface area contributed by atoms with Crippen LogP contribution in [0.3, 0.4) is 0 Å². The van der Waals surface area contributed by atoms with Gasteiger partial charge in [0.2, 0.25) is 0 Å². The average Bonchev–Trinajstić information content (AvgIpc) is 3.22. The Morgan fingerprint density at radius 3 is 2.72 bits per heavy atom. The van der Waals surface area contributed by atoms with Gasteiger partial charge in [-0.3, -0.25) is 4.52 Å². The summed E-state index contributed by atoms with van der Waals surface area (Å²) in [6.07, 6.45) is 2.99. The number of hydrogen-bond acceptors (Lipinski definition) is 7. The molecule has 0 aliphatic rings. The Morgan fingerprint density at radius 2 is 2.07 bits per heavy atom. The van der Waals surface area contributed by atoms with Crippen LogP contribution < -0.4 is 4.52 Å². The molecule has 0 saturated heterocycles. The van der Waals surface area contributed by atoms with E-state index in [1.807, 2.05) is 30.3 Å². The molecular weight excluding hydrogens is 438 g/mol. The zero-order valence-electron chi connectivity index (χ0n) is 15.3. The largest absolute Gasteiger partial charge is 0.455 e. The minimum Gasteiger partial charge on any atom is -0.413 e. The normalized spacial score (nSPS) is 13.7. The number of halogens is 2. The summed E-state index contributed by atoms with van der Waals surface area (Å²) in [6, 6.07) is 13.1. The lowest BCUT2D eigenvalue weighted by Crippen LogP contribution is -2.13.